The van der Waals surface area contributed by atoms with Crippen LogP contribution in [0.2, 0.25) is 0 Å². The Balaban J connectivity index is 1.32. The van der Waals surface area contributed by atoms with Gasteiger partial charge >= 0.3 is 0 Å². The van der Waals surface area contributed by atoms with E-state index in [1.165, 1.54) is 0 Å². The molecule has 170 valence electrons. The maximum atomic E-state index is 12.6. The molecule has 0 atom stereocenters. The number of hydrogen-bond donors (Lipinski definition) is 2. The number of anilines is 1. The van der Waals surface area contributed by atoms with Crippen LogP contribution < -0.4 is 19.7 Å². The fraction of sp³-hybridized carbons (Fsp3) is 0.222. The molecule has 6 heteroatoms. The highest BCUT2D eigenvalue weighted by atomic mass is 16.5. The minimum absolute atomic E-state index is 0.0693. The van der Waals surface area contributed by atoms with Gasteiger partial charge in [-0.25, -0.2) is 0 Å². The van der Waals surface area contributed by atoms with Crippen LogP contribution in [0.4, 0.5) is 5.69 Å². The third kappa shape index (κ3) is 5.29. The van der Waals surface area contributed by atoms with Crippen molar-refractivity contribution in [3.8, 4) is 11.5 Å². The van der Waals surface area contributed by atoms with Gasteiger partial charge in [-0.2, -0.15) is 0 Å². The van der Waals surface area contributed by atoms with E-state index in [2.05, 4.69) is 15.2 Å². The third-order valence-electron chi connectivity index (χ3n) is 5.78. The Kier molecular flexibility index (Phi) is 6.83. The van der Waals surface area contributed by atoms with E-state index in [1.807, 2.05) is 80.0 Å². The Morgan fingerprint density at radius 3 is 2.48 bits per heavy atom. The first-order valence-corrected chi connectivity index (χ1v) is 10.9. The summed E-state index contributed by atoms with van der Waals surface area (Å²) in [5.74, 6) is 1.59. The van der Waals surface area contributed by atoms with E-state index in [4.69, 9.17) is 9.47 Å². The normalized spacial score (nSPS) is 10.8. The van der Waals surface area contributed by atoms with E-state index in [0.29, 0.717) is 12.1 Å². The first-order valence-electron chi connectivity index (χ1n) is 10.9. The van der Waals surface area contributed by atoms with Crippen molar-refractivity contribution in [2.75, 3.05) is 32.7 Å². The number of nitrogens with one attached hydrogen (secondary N) is 2. The van der Waals surface area contributed by atoms with Crippen molar-refractivity contribution in [2.45, 2.75) is 13.0 Å². The summed E-state index contributed by atoms with van der Waals surface area (Å²) in [7, 11) is 5.37. The average Bonchev–Trinajstić information content (AvgIpc) is 3.26. The number of carbonyl (C=O) groups excluding carboxylic acids is 1. The molecule has 0 saturated heterocycles. The van der Waals surface area contributed by atoms with Crippen LogP contribution in [0.1, 0.15) is 21.5 Å². The zero-order valence-corrected chi connectivity index (χ0v) is 19.2. The summed E-state index contributed by atoms with van der Waals surface area (Å²) in [6.07, 6.45) is 2.73. The van der Waals surface area contributed by atoms with Crippen molar-refractivity contribution in [3.63, 3.8) is 0 Å². The van der Waals surface area contributed by atoms with Crippen LogP contribution >= 0.6 is 0 Å². The monoisotopic (exact) mass is 443 g/mol. The number of fused-ring (bicyclic) bond motifs is 1. The van der Waals surface area contributed by atoms with Crippen LogP contribution in [0.15, 0.2) is 72.9 Å². The fourth-order valence-corrected chi connectivity index (χ4v) is 3.88. The number of aromatic amines is 1. The van der Waals surface area contributed by atoms with Gasteiger partial charge in [0.25, 0.3) is 5.91 Å². The second-order valence-electron chi connectivity index (χ2n) is 7.99. The van der Waals surface area contributed by atoms with Gasteiger partial charge < -0.3 is 24.7 Å². The average molecular weight is 444 g/mol. The van der Waals surface area contributed by atoms with E-state index in [1.54, 1.807) is 14.2 Å². The van der Waals surface area contributed by atoms with Crippen molar-refractivity contribution < 1.29 is 14.3 Å². The molecule has 1 heterocycles. The number of carbonyl (C=O) groups is 1. The lowest BCUT2D eigenvalue weighted by atomic mass is 10.1. The molecule has 0 saturated carbocycles. The van der Waals surface area contributed by atoms with Crippen molar-refractivity contribution in [1.82, 2.24) is 10.3 Å². The van der Waals surface area contributed by atoms with E-state index in [9.17, 15) is 4.79 Å². The van der Waals surface area contributed by atoms with Crippen LogP contribution in [0.25, 0.3) is 10.9 Å². The molecule has 2 N–H and O–H groups in total. The summed E-state index contributed by atoms with van der Waals surface area (Å²) in [6.45, 7) is 1.29. The maximum absolute atomic E-state index is 12.6. The van der Waals surface area contributed by atoms with Gasteiger partial charge in [-0.15, -0.1) is 0 Å². The molecular formula is C27H29N3O3. The van der Waals surface area contributed by atoms with Gasteiger partial charge in [0.15, 0.2) is 0 Å². The molecule has 0 bridgehead atoms. The number of aromatic nitrogens is 1. The first kappa shape index (κ1) is 22.3. The lowest BCUT2D eigenvalue weighted by molar-refractivity contribution is 0.0954. The van der Waals surface area contributed by atoms with E-state index in [-0.39, 0.29) is 5.91 Å². The molecule has 4 aromatic rings. The molecule has 33 heavy (non-hydrogen) atoms. The number of methoxy groups -OCH3 is 2. The van der Waals surface area contributed by atoms with Gasteiger partial charge in [-0.05, 0) is 60.0 Å². The minimum Gasteiger partial charge on any atom is -0.497 e. The van der Waals surface area contributed by atoms with Crippen LogP contribution in [-0.4, -0.2) is 38.7 Å². The number of benzene rings is 3. The summed E-state index contributed by atoms with van der Waals surface area (Å²) in [4.78, 5) is 18.0. The Labute approximate surface area is 194 Å². The molecule has 0 aliphatic carbocycles. The van der Waals surface area contributed by atoms with Crippen LogP contribution in [0.5, 0.6) is 11.5 Å². The maximum Gasteiger partial charge on any atom is 0.251 e. The van der Waals surface area contributed by atoms with Crippen LogP contribution in [0, 0.1) is 0 Å². The predicted octanol–water partition coefficient (Wildman–Crippen LogP) is 4.79. The number of H-pyrrole nitrogens is 1. The highest BCUT2D eigenvalue weighted by Crippen LogP contribution is 2.24. The molecule has 0 aliphatic rings. The smallest absolute Gasteiger partial charge is 0.251 e. The molecule has 1 aromatic heterocycles. The zero-order chi connectivity index (χ0) is 23.2. The van der Waals surface area contributed by atoms with Gasteiger partial charge in [0.05, 0.1) is 14.2 Å². The molecule has 0 spiro atoms. The highest BCUT2D eigenvalue weighted by molar-refractivity contribution is 5.94. The van der Waals surface area contributed by atoms with E-state index < -0.39 is 0 Å². The van der Waals surface area contributed by atoms with Crippen LogP contribution in [0.3, 0.4) is 0 Å². The molecule has 0 aliphatic heterocycles. The largest absolute Gasteiger partial charge is 0.497 e. The van der Waals surface area contributed by atoms with Gasteiger partial charge in [0.2, 0.25) is 0 Å². The molecule has 0 unspecified atom stereocenters. The third-order valence-corrected chi connectivity index (χ3v) is 5.78. The van der Waals surface area contributed by atoms with Gasteiger partial charge in [0, 0.05) is 54.6 Å². The number of nitrogens with zero attached hydrogens (tertiary/aromatic N) is 1. The lowest BCUT2D eigenvalue weighted by Gasteiger charge is -2.20. The molecule has 1 amide bonds. The SMILES string of the molecule is COc1cccc(N(C)Cc2ccc(C(=O)NCCc3c[nH]c4ccc(OC)cc34)cc2)c1. The van der Waals surface area contributed by atoms with Crippen molar-refractivity contribution in [2.24, 2.45) is 0 Å². The zero-order valence-electron chi connectivity index (χ0n) is 19.2. The summed E-state index contributed by atoms with van der Waals surface area (Å²) >= 11 is 0. The number of ether oxygens (including phenoxy) is 2. The number of hydrogen-bond acceptors (Lipinski definition) is 4. The number of amides is 1. The summed E-state index contributed by atoms with van der Waals surface area (Å²) in [5.41, 5.74) is 5.07. The van der Waals surface area contributed by atoms with E-state index in [0.717, 1.165) is 52.2 Å². The van der Waals surface area contributed by atoms with Crippen molar-refractivity contribution in [1.29, 1.82) is 0 Å². The second kappa shape index (κ2) is 10.1. The Morgan fingerprint density at radius 1 is 0.970 bits per heavy atom. The topological polar surface area (TPSA) is 66.6 Å². The van der Waals surface area contributed by atoms with Crippen molar-refractivity contribution in [3.05, 3.63) is 89.6 Å². The van der Waals surface area contributed by atoms with Crippen molar-refractivity contribution >= 4 is 22.5 Å². The second-order valence-corrected chi connectivity index (χ2v) is 7.99. The molecular weight excluding hydrogens is 414 g/mol. The summed E-state index contributed by atoms with van der Waals surface area (Å²) in [5, 5.41) is 4.14. The van der Waals surface area contributed by atoms with Gasteiger partial charge in [-0.3, -0.25) is 4.79 Å². The fourth-order valence-electron chi connectivity index (χ4n) is 3.88. The van der Waals surface area contributed by atoms with E-state index >= 15 is 0 Å². The van der Waals surface area contributed by atoms with Gasteiger partial charge in [0.1, 0.15) is 11.5 Å². The van der Waals surface area contributed by atoms with Gasteiger partial charge in [-0.1, -0.05) is 18.2 Å². The molecule has 0 fully saturated rings. The quantitative estimate of drug-likeness (QED) is 0.390. The molecule has 6 nitrogen and oxygen atoms in total. The Hall–Kier alpha value is -3.93. The Bertz CT molecular complexity index is 1230. The predicted molar refractivity (Wildman–Crippen MR) is 132 cm³/mol. The molecule has 3 aromatic carbocycles. The highest BCUT2D eigenvalue weighted by Gasteiger charge is 2.09. The number of rotatable bonds is 9. The molecule has 0 radical (unpaired) electrons. The minimum atomic E-state index is -0.0693. The first-order chi connectivity index (χ1) is 16.1. The lowest BCUT2D eigenvalue weighted by Crippen LogP contribution is -2.25. The van der Waals surface area contributed by atoms with Crippen LogP contribution in [-0.2, 0) is 13.0 Å². The summed E-state index contributed by atoms with van der Waals surface area (Å²) in [6, 6.07) is 21.7. The Morgan fingerprint density at radius 2 is 1.73 bits per heavy atom. The molecule has 4 rings (SSSR count). The standard InChI is InChI=1S/C27H29N3O3/c1-30(22-5-4-6-23(15-22)32-2)18-19-7-9-20(10-8-19)27(31)28-14-13-21-17-29-26-12-11-24(33-3)16-25(21)26/h4-12,15-17,29H,13-14,18H2,1-3H3,(H,28,31). The summed E-state index contributed by atoms with van der Waals surface area (Å²) < 4.78 is 10.6.